The molecular weight excluding hydrogens is 525 g/mol. The van der Waals surface area contributed by atoms with Gasteiger partial charge in [0.15, 0.2) is 19.5 Å². The molecule has 3 nitrogen and oxygen atoms in total. The second kappa shape index (κ2) is 14.0. The summed E-state index contributed by atoms with van der Waals surface area (Å²) >= 11 is 0. The van der Waals surface area contributed by atoms with Crippen LogP contribution in [0.25, 0.3) is 0 Å². The molecule has 0 heterocycles. The van der Waals surface area contributed by atoms with E-state index in [9.17, 15) is 4.79 Å². The average molecular weight is 585 g/mol. The van der Waals surface area contributed by atoms with Crippen LogP contribution in [0.1, 0.15) is 114 Å². The zero-order valence-electron chi connectivity index (χ0n) is 27.4. The molecule has 3 fully saturated rings. The van der Waals surface area contributed by atoms with Gasteiger partial charge < -0.3 is 8.85 Å². The molecular formula is C35H60O3Si2. The van der Waals surface area contributed by atoms with E-state index >= 15 is 0 Å². The van der Waals surface area contributed by atoms with E-state index in [-0.39, 0.29) is 5.41 Å². The maximum Gasteiger partial charge on any atom is 0.167 e. The van der Waals surface area contributed by atoms with Crippen molar-refractivity contribution in [3.8, 4) is 0 Å². The van der Waals surface area contributed by atoms with Crippen LogP contribution in [-0.2, 0) is 13.6 Å². The van der Waals surface area contributed by atoms with Crippen molar-refractivity contribution in [3.63, 3.8) is 0 Å². The minimum absolute atomic E-state index is 0.249. The number of carbonyl (C=O) groups is 1. The molecule has 2 unspecified atom stereocenters. The van der Waals surface area contributed by atoms with Crippen molar-refractivity contribution in [2.24, 2.45) is 29.1 Å². The van der Waals surface area contributed by atoms with Crippen molar-refractivity contribution in [2.45, 2.75) is 136 Å². The van der Waals surface area contributed by atoms with E-state index in [4.69, 9.17) is 8.85 Å². The second-order valence-electron chi connectivity index (χ2n) is 15.5. The van der Waals surface area contributed by atoms with Crippen molar-refractivity contribution < 1.29 is 13.6 Å². The van der Waals surface area contributed by atoms with Crippen molar-refractivity contribution >= 4 is 25.8 Å². The third-order valence-electron chi connectivity index (χ3n) is 11.3. The van der Waals surface area contributed by atoms with Gasteiger partial charge in [-0.05, 0) is 96.6 Å². The number of hydrogen-bond acceptors (Lipinski definition) is 3. The Balaban J connectivity index is 1.78. The summed E-state index contributed by atoms with van der Waals surface area (Å²) in [5.74, 6) is 2.38. The van der Waals surface area contributed by atoms with Crippen LogP contribution < -0.4 is 0 Å². The Hall–Kier alpha value is -1.02. The fourth-order valence-electron chi connectivity index (χ4n) is 6.87. The van der Waals surface area contributed by atoms with E-state index in [1.165, 1.54) is 37.7 Å². The van der Waals surface area contributed by atoms with Gasteiger partial charge in [0, 0.05) is 0 Å². The van der Waals surface area contributed by atoms with Gasteiger partial charge in [0.05, 0.1) is 12.2 Å². The van der Waals surface area contributed by atoms with Crippen LogP contribution in [0.5, 0.6) is 0 Å². The third kappa shape index (κ3) is 8.29. The van der Waals surface area contributed by atoms with E-state index < -0.39 is 19.5 Å². The fourth-order valence-corrected chi connectivity index (χ4v) is 9.37. The molecule has 5 heteroatoms. The van der Waals surface area contributed by atoms with Crippen LogP contribution >= 0.6 is 0 Å². The summed E-state index contributed by atoms with van der Waals surface area (Å²) in [7, 11) is -1.29. The topological polar surface area (TPSA) is 35.5 Å². The van der Waals surface area contributed by atoms with Gasteiger partial charge in [0.25, 0.3) is 0 Å². The summed E-state index contributed by atoms with van der Waals surface area (Å²) in [6, 6.07) is 0. The Morgan fingerprint density at radius 2 is 1.55 bits per heavy atom. The van der Waals surface area contributed by atoms with Crippen molar-refractivity contribution in [1.82, 2.24) is 0 Å². The first-order chi connectivity index (χ1) is 18.7. The molecule has 226 valence electrons. The molecule has 0 aromatic heterocycles. The molecule has 3 aliphatic carbocycles. The maximum absolute atomic E-state index is 10.9. The highest BCUT2D eigenvalue weighted by molar-refractivity contribution is 6.32. The Bertz CT molecular complexity index is 939. The molecule has 5 atom stereocenters. The SMILES string of the molecule is C=C(C=CC=O)[C@H]1CC[C@H]2C(=CC=C3CC(O[SiH2]C(C)(C)C(C)C)CC(O[SiH2]C(C)(C)C(C)C)C3)CCC[C@]12C. The minimum Gasteiger partial charge on any atom is -0.420 e. The van der Waals surface area contributed by atoms with Gasteiger partial charge in [-0.1, -0.05) is 104 Å². The lowest BCUT2D eigenvalue weighted by Crippen LogP contribution is -2.36. The predicted octanol–water partition coefficient (Wildman–Crippen LogP) is 8.20. The van der Waals surface area contributed by atoms with Gasteiger partial charge in [-0.15, -0.1) is 0 Å². The van der Waals surface area contributed by atoms with E-state index in [1.807, 2.05) is 6.08 Å². The van der Waals surface area contributed by atoms with E-state index in [2.05, 4.69) is 81.0 Å². The first-order valence-electron chi connectivity index (χ1n) is 16.1. The minimum atomic E-state index is -0.647. The highest BCUT2D eigenvalue weighted by Gasteiger charge is 2.49. The number of fused-ring (bicyclic) bond motifs is 1. The number of carbonyl (C=O) groups excluding carboxylic acids is 1. The largest absolute Gasteiger partial charge is 0.420 e. The molecule has 0 aromatic carbocycles. The van der Waals surface area contributed by atoms with Gasteiger partial charge in [0.2, 0.25) is 0 Å². The Kier molecular flexibility index (Phi) is 11.7. The molecule has 0 N–H and O–H groups in total. The van der Waals surface area contributed by atoms with E-state index in [0.717, 1.165) is 31.1 Å². The molecule has 0 saturated heterocycles. The maximum atomic E-state index is 10.9. The van der Waals surface area contributed by atoms with Gasteiger partial charge >= 0.3 is 0 Å². The summed E-state index contributed by atoms with van der Waals surface area (Å²) in [6.45, 7) is 25.7. The monoisotopic (exact) mass is 584 g/mol. The molecule has 0 bridgehead atoms. The summed E-state index contributed by atoms with van der Waals surface area (Å²) in [4.78, 5) is 10.9. The first kappa shape index (κ1) is 33.5. The number of rotatable bonds is 12. The molecule has 40 heavy (non-hydrogen) atoms. The number of aldehydes is 1. The summed E-state index contributed by atoms with van der Waals surface area (Å²) in [5, 5.41) is 0.620. The summed E-state index contributed by atoms with van der Waals surface area (Å²) in [6.07, 6.45) is 19.2. The van der Waals surface area contributed by atoms with Crippen LogP contribution in [0.15, 0.2) is 47.6 Å². The quantitative estimate of drug-likeness (QED) is 0.100. The molecule has 0 radical (unpaired) electrons. The van der Waals surface area contributed by atoms with Crippen molar-refractivity contribution in [3.05, 3.63) is 47.6 Å². The highest BCUT2D eigenvalue weighted by atomic mass is 28.2. The smallest absolute Gasteiger partial charge is 0.167 e. The van der Waals surface area contributed by atoms with E-state index in [1.54, 1.807) is 11.6 Å². The summed E-state index contributed by atoms with van der Waals surface area (Å²) in [5.41, 5.74) is 4.52. The molecule has 3 rings (SSSR count). The summed E-state index contributed by atoms with van der Waals surface area (Å²) < 4.78 is 13.5. The van der Waals surface area contributed by atoms with Gasteiger partial charge in [0.1, 0.15) is 6.29 Å². The predicted molar refractivity (Wildman–Crippen MR) is 177 cm³/mol. The lowest BCUT2D eigenvalue weighted by molar-refractivity contribution is -0.104. The molecule has 0 spiro atoms. The zero-order valence-corrected chi connectivity index (χ0v) is 30.2. The normalized spacial score (nSPS) is 31.5. The fraction of sp³-hybridized carbons (Fsp3) is 0.743. The van der Waals surface area contributed by atoms with Gasteiger partial charge in [-0.2, -0.15) is 0 Å². The van der Waals surface area contributed by atoms with Crippen LogP contribution in [0.3, 0.4) is 0 Å². The third-order valence-corrected chi connectivity index (χ3v) is 15.7. The molecule has 3 saturated carbocycles. The van der Waals surface area contributed by atoms with Crippen molar-refractivity contribution in [2.75, 3.05) is 0 Å². The van der Waals surface area contributed by atoms with Gasteiger partial charge in [-0.25, -0.2) is 0 Å². The van der Waals surface area contributed by atoms with Gasteiger partial charge in [-0.3, -0.25) is 4.79 Å². The lowest BCUT2D eigenvalue weighted by Gasteiger charge is -2.42. The first-order valence-corrected chi connectivity index (χ1v) is 18.7. The molecule has 0 aliphatic heterocycles. The zero-order chi connectivity index (χ0) is 29.7. The Morgan fingerprint density at radius 3 is 2.08 bits per heavy atom. The number of hydrogen-bond donors (Lipinski definition) is 0. The Labute approximate surface area is 251 Å². The standard InChI is InChI=1S/C35H60O3Si2/c1-24(2)33(6,7)39-37-29-21-27(22-30(23-29)38-40-34(8,9)25(3)4)15-16-28-14-11-19-35(10)31(17-18-32(28)35)26(5)13-12-20-36/h12-13,15-16,20,24-25,29-32H,5,11,14,17-19,21-23,39-40H2,1-4,6-10H3/t29?,30?,31-,32+,35-/m1/s1. The highest BCUT2D eigenvalue weighted by Crippen LogP contribution is 2.59. The van der Waals surface area contributed by atoms with Crippen LogP contribution in [0, 0.1) is 29.1 Å². The van der Waals surface area contributed by atoms with Crippen molar-refractivity contribution in [1.29, 1.82) is 0 Å². The van der Waals surface area contributed by atoms with Crippen LogP contribution in [-0.4, -0.2) is 38.0 Å². The lowest BCUT2D eigenvalue weighted by atomic mass is 9.62. The van der Waals surface area contributed by atoms with E-state index in [0.29, 0.717) is 46.0 Å². The average Bonchev–Trinajstić information content (AvgIpc) is 3.25. The number of allylic oxidation sites excluding steroid dienone is 6. The molecule has 0 amide bonds. The van der Waals surface area contributed by atoms with Crippen LogP contribution in [0.2, 0.25) is 10.1 Å². The second-order valence-corrected chi connectivity index (χ2v) is 20.4. The Morgan fingerprint density at radius 1 is 0.975 bits per heavy atom. The molecule has 3 aliphatic rings. The van der Waals surface area contributed by atoms with Crippen LogP contribution in [0.4, 0.5) is 0 Å². The molecule has 0 aromatic rings.